The molecule has 1 fully saturated rings. The molecule has 2 atom stereocenters. The van der Waals surface area contributed by atoms with E-state index >= 15 is 0 Å². The highest BCUT2D eigenvalue weighted by Crippen LogP contribution is 2.40. The van der Waals surface area contributed by atoms with E-state index in [2.05, 4.69) is 22.9 Å². The summed E-state index contributed by atoms with van der Waals surface area (Å²) in [5.74, 6) is -0.100. The van der Waals surface area contributed by atoms with Crippen molar-refractivity contribution in [2.24, 2.45) is 0 Å². The second-order valence-electron chi connectivity index (χ2n) is 10.1. The van der Waals surface area contributed by atoms with E-state index in [-0.39, 0.29) is 23.9 Å². The van der Waals surface area contributed by atoms with Crippen molar-refractivity contribution >= 4 is 33.4 Å². The number of aryl methyl sites for hydroxylation is 1. The lowest BCUT2D eigenvalue weighted by Crippen LogP contribution is -2.65. The first-order chi connectivity index (χ1) is 16.4. The van der Waals surface area contributed by atoms with Gasteiger partial charge in [-0.3, -0.25) is 9.59 Å². The third kappa shape index (κ3) is 3.96. The van der Waals surface area contributed by atoms with E-state index in [4.69, 9.17) is 0 Å². The van der Waals surface area contributed by atoms with Crippen LogP contribution in [-0.2, 0) is 17.8 Å². The summed E-state index contributed by atoms with van der Waals surface area (Å²) in [6, 6.07) is 14.2. The van der Waals surface area contributed by atoms with Gasteiger partial charge in [0, 0.05) is 10.9 Å². The van der Waals surface area contributed by atoms with Crippen LogP contribution in [-0.4, -0.2) is 32.9 Å². The molecule has 2 aromatic heterocycles. The molecule has 2 amide bonds. The molecule has 0 bridgehead atoms. The van der Waals surface area contributed by atoms with Crippen LogP contribution in [0.2, 0.25) is 0 Å². The molecule has 6 heteroatoms. The number of benzene rings is 1. The van der Waals surface area contributed by atoms with Crippen LogP contribution in [0.15, 0.2) is 42.5 Å². The molecule has 0 unspecified atom stereocenters. The van der Waals surface area contributed by atoms with Gasteiger partial charge in [0.25, 0.3) is 5.91 Å². The first-order valence-corrected chi connectivity index (χ1v) is 13.6. The fourth-order valence-electron chi connectivity index (χ4n) is 5.78. The van der Waals surface area contributed by atoms with Crippen LogP contribution in [0, 0.1) is 0 Å². The maximum Gasteiger partial charge on any atom is 0.272 e. The summed E-state index contributed by atoms with van der Waals surface area (Å²) in [6.07, 6.45) is 7.80. The Morgan fingerprint density at radius 3 is 2.53 bits per heavy atom. The molecule has 0 radical (unpaired) electrons. The molecule has 1 aliphatic carbocycles. The number of aromatic nitrogens is 1. The molecule has 3 aromatic rings. The Labute approximate surface area is 206 Å². The smallest absolute Gasteiger partial charge is 0.272 e. The van der Waals surface area contributed by atoms with E-state index in [0.717, 1.165) is 47.9 Å². The molecule has 5 rings (SSSR count). The van der Waals surface area contributed by atoms with Crippen molar-refractivity contribution < 1.29 is 9.59 Å². The minimum atomic E-state index is -0.980. The highest BCUT2D eigenvalue weighted by Gasteiger charge is 2.50. The summed E-state index contributed by atoms with van der Waals surface area (Å²) in [4.78, 5) is 31.2. The zero-order valence-corrected chi connectivity index (χ0v) is 21.3. The molecule has 1 saturated carbocycles. The van der Waals surface area contributed by atoms with Crippen LogP contribution in [0.25, 0.3) is 10.2 Å². The molecule has 180 valence electrons. The second kappa shape index (κ2) is 9.21. The average molecular weight is 478 g/mol. The molecule has 3 heterocycles. The van der Waals surface area contributed by atoms with Crippen molar-refractivity contribution in [3.8, 4) is 0 Å². The SMILES string of the molecule is CCc1cc2c(cc3n2C[C@@](C)(C(=O)NC2CCCCCC2)N([C@@H](C)c2ccccc2)C3=O)s1. The molecule has 0 saturated heterocycles. The maximum atomic E-state index is 14.1. The number of thiophene rings is 1. The first-order valence-electron chi connectivity index (χ1n) is 12.7. The Morgan fingerprint density at radius 1 is 1.15 bits per heavy atom. The van der Waals surface area contributed by atoms with Crippen LogP contribution in [0.5, 0.6) is 0 Å². The number of nitrogens with one attached hydrogen (secondary N) is 1. The maximum absolute atomic E-state index is 14.1. The largest absolute Gasteiger partial charge is 0.351 e. The molecular weight excluding hydrogens is 442 g/mol. The Kier molecular flexibility index (Phi) is 6.28. The quantitative estimate of drug-likeness (QED) is 0.453. The van der Waals surface area contributed by atoms with Gasteiger partial charge in [0.15, 0.2) is 0 Å². The lowest BCUT2D eigenvalue weighted by molar-refractivity contribution is -0.135. The minimum Gasteiger partial charge on any atom is -0.351 e. The van der Waals surface area contributed by atoms with Crippen LogP contribution in [0.3, 0.4) is 0 Å². The Morgan fingerprint density at radius 2 is 1.85 bits per heavy atom. The second-order valence-corrected chi connectivity index (χ2v) is 11.3. The van der Waals surface area contributed by atoms with Crippen LogP contribution < -0.4 is 5.32 Å². The Bertz CT molecular complexity index is 1190. The molecule has 1 aromatic carbocycles. The van der Waals surface area contributed by atoms with Gasteiger partial charge in [0.1, 0.15) is 11.2 Å². The predicted octanol–water partition coefficient (Wildman–Crippen LogP) is 6.08. The normalized spacial score (nSPS) is 22.4. The molecule has 34 heavy (non-hydrogen) atoms. The Balaban J connectivity index is 1.56. The highest BCUT2D eigenvalue weighted by atomic mass is 32.1. The van der Waals surface area contributed by atoms with Gasteiger partial charge in [0.05, 0.1) is 22.8 Å². The molecule has 2 aliphatic rings. The first kappa shape index (κ1) is 23.2. The minimum absolute atomic E-state index is 0.0334. The Hall–Kier alpha value is -2.60. The average Bonchev–Trinajstić information content (AvgIpc) is 3.28. The molecule has 1 N–H and O–H groups in total. The zero-order chi connectivity index (χ0) is 23.9. The number of hydrogen-bond donors (Lipinski definition) is 1. The van der Waals surface area contributed by atoms with Gasteiger partial charge >= 0.3 is 0 Å². The van der Waals surface area contributed by atoms with Crippen LogP contribution >= 0.6 is 11.3 Å². The van der Waals surface area contributed by atoms with Gasteiger partial charge < -0.3 is 14.8 Å². The molecule has 5 nitrogen and oxygen atoms in total. The monoisotopic (exact) mass is 477 g/mol. The molecular formula is C28H35N3O2S. The van der Waals surface area contributed by atoms with E-state index in [1.54, 1.807) is 11.3 Å². The van der Waals surface area contributed by atoms with Crippen molar-refractivity contribution in [3.05, 3.63) is 58.6 Å². The van der Waals surface area contributed by atoms with Crippen LogP contribution in [0.4, 0.5) is 0 Å². The van der Waals surface area contributed by atoms with Gasteiger partial charge in [-0.25, -0.2) is 0 Å². The summed E-state index contributed by atoms with van der Waals surface area (Å²) < 4.78 is 3.22. The van der Waals surface area contributed by atoms with Crippen molar-refractivity contribution in [2.75, 3.05) is 0 Å². The standard InChI is InChI=1S/C28H35N3O2S/c1-4-22-16-23-25(34-22)17-24-26(32)31(19(2)20-12-8-7-9-13-20)28(3,18-30(23)24)27(33)29-21-14-10-5-6-11-15-21/h7-9,12-13,16-17,19,21H,4-6,10-11,14-15,18H2,1-3H3,(H,29,33)/t19-,28-/m0/s1. The fraction of sp³-hybridized carbons (Fsp3) is 0.500. The van der Waals surface area contributed by atoms with Gasteiger partial charge in [-0.2, -0.15) is 0 Å². The zero-order valence-electron chi connectivity index (χ0n) is 20.5. The predicted molar refractivity (Wildman–Crippen MR) is 138 cm³/mol. The van der Waals surface area contributed by atoms with Gasteiger partial charge in [-0.15, -0.1) is 11.3 Å². The topological polar surface area (TPSA) is 54.3 Å². The third-order valence-corrected chi connectivity index (χ3v) is 8.99. The van der Waals surface area contributed by atoms with E-state index in [0.29, 0.717) is 12.2 Å². The van der Waals surface area contributed by atoms with Gasteiger partial charge in [-0.05, 0) is 50.8 Å². The number of hydrogen-bond acceptors (Lipinski definition) is 3. The van der Waals surface area contributed by atoms with Crippen molar-refractivity contribution in [3.63, 3.8) is 0 Å². The number of rotatable bonds is 5. The molecule has 0 spiro atoms. The van der Waals surface area contributed by atoms with E-state index in [9.17, 15) is 9.59 Å². The number of fused-ring (bicyclic) bond motifs is 3. The number of nitrogens with zero attached hydrogens (tertiary/aromatic N) is 2. The summed E-state index contributed by atoms with van der Waals surface area (Å²) in [5, 5.41) is 3.37. The molecule has 1 aliphatic heterocycles. The van der Waals surface area contributed by atoms with Gasteiger partial charge in [0.2, 0.25) is 5.91 Å². The van der Waals surface area contributed by atoms with E-state index in [1.807, 2.05) is 55.1 Å². The van der Waals surface area contributed by atoms with Crippen molar-refractivity contribution in [1.29, 1.82) is 0 Å². The summed E-state index contributed by atoms with van der Waals surface area (Å²) >= 11 is 1.75. The van der Waals surface area contributed by atoms with E-state index < -0.39 is 5.54 Å². The third-order valence-electron chi connectivity index (χ3n) is 7.77. The summed E-state index contributed by atoms with van der Waals surface area (Å²) in [5.41, 5.74) is 1.82. The van der Waals surface area contributed by atoms with E-state index in [1.165, 1.54) is 17.7 Å². The number of carbonyl (C=O) groups excluding carboxylic acids is 2. The van der Waals surface area contributed by atoms with Crippen molar-refractivity contribution in [1.82, 2.24) is 14.8 Å². The highest BCUT2D eigenvalue weighted by molar-refractivity contribution is 7.19. The lowest BCUT2D eigenvalue weighted by atomic mass is 9.90. The number of amides is 2. The van der Waals surface area contributed by atoms with Gasteiger partial charge in [-0.1, -0.05) is 62.9 Å². The summed E-state index contributed by atoms with van der Waals surface area (Å²) in [6.45, 7) is 6.62. The lowest BCUT2D eigenvalue weighted by Gasteiger charge is -2.47. The number of carbonyl (C=O) groups is 2. The van der Waals surface area contributed by atoms with Crippen molar-refractivity contribution in [2.45, 2.75) is 89.9 Å². The van der Waals surface area contributed by atoms with Crippen LogP contribution in [0.1, 0.15) is 86.3 Å². The fourth-order valence-corrected chi connectivity index (χ4v) is 6.82. The summed E-state index contributed by atoms with van der Waals surface area (Å²) in [7, 11) is 0.